The summed E-state index contributed by atoms with van der Waals surface area (Å²) in [6.45, 7) is 1.81. The molecule has 3 aromatic rings. The molecule has 0 saturated carbocycles. The predicted molar refractivity (Wildman–Crippen MR) is 97.0 cm³/mol. The molecule has 0 unspecified atom stereocenters. The second kappa shape index (κ2) is 6.91. The zero-order chi connectivity index (χ0) is 18.8. The summed E-state index contributed by atoms with van der Waals surface area (Å²) in [5.74, 6) is 1.06. The highest BCUT2D eigenvalue weighted by molar-refractivity contribution is 6.03. The first-order valence-electron chi connectivity index (χ1n) is 8.17. The molecule has 27 heavy (non-hydrogen) atoms. The van der Waals surface area contributed by atoms with E-state index >= 15 is 0 Å². The van der Waals surface area contributed by atoms with Gasteiger partial charge in [0.2, 0.25) is 6.79 Å². The molecule has 0 radical (unpaired) electrons. The molecule has 0 bridgehead atoms. The number of carbonyl (C=O) groups is 1. The van der Waals surface area contributed by atoms with E-state index in [1.165, 1.54) is 12.1 Å². The number of carbonyl (C=O) groups excluding carboxylic acids is 1. The number of fused-ring (bicyclic) bond motifs is 1. The zero-order valence-electron chi connectivity index (χ0n) is 14.3. The molecule has 0 atom stereocenters. The van der Waals surface area contributed by atoms with E-state index in [0.717, 1.165) is 0 Å². The molecule has 0 spiro atoms. The van der Waals surface area contributed by atoms with Gasteiger partial charge in [0.25, 0.3) is 5.91 Å². The van der Waals surface area contributed by atoms with E-state index in [2.05, 4.69) is 20.6 Å². The number of nitrogens with zero attached hydrogens (tertiary/aromatic N) is 2. The molecule has 1 aliphatic heterocycles. The summed E-state index contributed by atoms with van der Waals surface area (Å²) in [5.41, 5.74) is 0.959. The van der Waals surface area contributed by atoms with Gasteiger partial charge < -0.3 is 20.1 Å². The molecular weight excluding hydrogens is 351 g/mol. The Morgan fingerprint density at radius 1 is 1.07 bits per heavy atom. The van der Waals surface area contributed by atoms with Crippen LogP contribution < -0.4 is 20.1 Å². The van der Waals surface area contributed by atoms with Crippen molar-refractivity contribution in [1.29, 1.82) is 0 Å². The number of benzene rings is 2. The fourth-order valence-corrected chi connectivity index (χ4v) is 2.62. The minimum absolute atomic E-state index is 0.152. The molecule has 0 saturated heterocycles. The summed E-state index contributed by atoms with van der Waals surface area (Å²) in [4.78, 5) is 20.9. The molecule has 2 aromatic carbocycles. The third kappa shape index (κ3) is 3.64. The number of anilines is 3. The normalized spacial score (nSPS) is 11.9. The largest absolute Gasteiger partial charge is 0.454 e. The summed E-state index contributed by atoms with van der Waals surface area (Å²) in [6.07, 6.45) is 0. The van der Waals surface area contributed by atoms with Crippen LogP contribution in [0.1, 0.15) is 16.3 Å². The van der Waals surface area contributed by atoms with Crippen LogP contribution >= 0.6 is 0 Å². The van der Waals surface area contributed by atoms with Gasteiger partial charge in [0.05, 0.1) is 5.69 Å². The van der Waals surface area contributed by atoms with Gasteiger partial charge in [0, 0.05) is 17.8 Å². The van der Waals surface area contributed by atoms with Gasteiger partial charge in [-0.05, 0) is 31.2 Å². The number of para-hydroxylation sites is 1. The second-order valence-corrected chi connectivity index (χ2v) is 5.81. The number of aromatic nitrogens is 2. The Morgan fingerprint density at radius 3 is 2.74 bits per heavy atom. The Bertz CT molecular complexity index is 1030. The maximum atomic E-state index is 13.8. The maximum Gasteiger partial charge on any atom is 0.274 e. The molecular formula is C19H15FN4O3. The average Bonchev–Trinajstić information content (AvgIpc) is 3.11. The van der Waals surface area contributed by atoms with E-state index in [4.69, 9.17) is 9.47 Å². The van der Waals surface area contributed by atoms with Crippen molar-refractivity contribution in [2.45, 2.75) is 6.92 Å². The van der Waals surface area contributed by atoms with Crippen molar-refractivity contribution in [2.24, 2.45) is 0 Å². The van der Waals surface area contributed by atoms with Crippen LogP contribution in [-0.2, 0) is 0 Å². The van der Waals surface area contributed by atoms with E-state index in [-0.39, 0.29) is 18.2 Å². The van der Waals surface area contributed by atoms with Crippen LogP contribution in [0.15, 0.2) is 48.5 Å². The van der Waals surface area contributed by atoms with E-state index in [9.17, 15) is 9.18 Å². The molecule has 7 nitrogen and oxygen atoms in total. The monoisotopic (exact) mass is 366 g/mol. The fourth-order valence-electron chi connectivity index (χ4n) is 2.62. The third-order valence-electron chi connectivity index (χ3n) is 3.84. The summed E-state index contributed by atoms with van der Waals surface area (Å²) in [6, 6.07) is 12.8. The molecule has 1 aliphatic rings. The highest BCUT2D eigenvalue weighted by Crippen LogP contribution is 2.34. The Morgan fingerprint density at radius 2 is 1.89 bits per heavy atom. The molecule has 1 aromatic heterocycles. The smallest absolute Gasteiger partial charge is 0.274 e. The van der Waals surface area contributed by atoms with Crippen molar-refractivity contribution in [3.63, 3.8) is 0 Å². The first-order chi connectivity index (χ1) is 13.1. The quantitative estimate of drug-likeness (QED) is 0.733. The number of amides is 1. The van der Waals surface area contributed by atoms with Gasteiger partial charge in [-0.1, -0.05) is 12.1 Å². The molecule has 2 N–H and O–H groups in total. The van der Waals surface area contributed by atoms with E-state index in [1.807, 2.05) is 0 Å². The van der Waals surface area contributed by atoms with Crippen LogP contribution in [0, 0.1) is 12.7 Å². The van der Waals surface area contributed by atoms with E-state index in [0.29, 0.717) is 28.8 Å². The molecule has 2 heterocycles. The predicted octanol–water partition coefficient (Wildman–Crippen LogP) is 3.65. The number of ether oxygens (including phenoxy) is 2. The number of nitrogens with one attached hydrogen (secondary N) is 2. The fraction of sp³-hybridized carbons (Fsp3) is 0.105. The Labute approximate surface area is 154 Å². The number of aryl methyl sites for hydroxylation is 1. The third-order valence-corrected chi connectivity index (χ3v) is 3.84. The SMILES string of the molecule is Cc1nc(Nc2ccccc2F)cc(C(=O)Nc2ccc3c(c2)OCO3)n1. The summed E-state index contributed by atoms with van der Waals surface area (Å²) in [7, 11) is 0. The molecule has 0 fully saturated rings. The molecule has 4 rings (SSSR count). The number of hydrogen-bond donors (Lipinski definition) is 2. The Balaban J connectivity index is 1.55. The Kier molecular flexibility index (Phi) is 4.29. The topological polar surface area (TPSA) is 85.4 Å². The van der Waals surface area contributed by atoms with E-state index in [1.54, 1.807) is 43.3 Å². The van der Waals surface area contributed by atoms with Crippen LogP contribution in [0.4, 0.5) is 21.6 Å². The minimum atomic E-state index is -0.420. The highest BCUT2D eigenvalue weighted by Gasteiger charge is 2.16. The highest BCUT2D eigenvalue weighted by atomic mass is 19.1. The van der Waals surface area contributed by atoms with Crippen molar-refractivity contribution in [1.82, 2.24) is 9.97 Å². The standard InChI is InChI=1S/C19H15FN4O3/c1-11-21-15(9-18(22-11)24-14-5-3-2-4-13(14)20)19(25)23-12-6-7-16-17(8-12)27-10-26-16/h2-9H,10H2,1H3,(H,23,25)(H,21,22,24). The van der Waals surface area contributed by atoms with Gasteiger partial charge in [-0.25, -0.2) is 14.4 Å². The first-order valence-corrected chi connectivity index (χ1v) is 8.17. The van der Waals surface area contributed by atoms with Gasteiger partial charge in [-0.3, -0.25) is 4.79 Å². The zero-order valence-corrected chi connectivity index (χ0v) is 14.3. The Hall–Kier alpha value is -3.68. The van der Waals surface area contributed by atoms with Crippen molar-refractivity contribution in [3.8, 4) is 11.5 Å². The lowest BCUT2D eigenvalue weighted by Gasteiger charge is -2.10. The summed E-state index contributed by atoms with van der Waals surface area (Å²) < 4.78 is 24.4. The first kappa shape index (κ1) is 16.8. The summed E-state index contributed by atoms with van der Waals surface area (Å²) in [5, 5.41) is 5.61. The lowest BCUT2D eigenvalue weighted by atomic mass is 10.2. The second-order valence-electron chi connectivity index (χ2n) is 5.81. The van der Waals surface area contributed by atoms with Gasteiger partial charge in [-0.2, -0.15) is 0 Å². The minimum Gasteiger partial charge on any atom is -0.454 e. The van der Waals surface area contributed by atoms with Crippen LogP contribution in [0.3, 0.4) is 0 Å². The number of halogens is 1. The molecule has 1 amide bonds. The molecule has 0 aliphatic carbocycles. The van der Waals surface area contributed by atoms with Crippen molar-refractivity contribution >= 4 is 23.1 Å². The number of rotatable bonds is 4. The lowest BCUT2D eigenvalue weighted by molar-refractivity contribution is 0.102. The summed E-state index contributed by atoms with van der Waals surface area (Å²) >= 11 is 0. The average molecular weight is 366 g/mol. The van der Waals surface area contributed by atoms with Crippen molar-refractivity contribution < 1.29 is 18.7 Å². The van der Waals surface area contributed by atoms with Gasteiger partial charge in [-0.15, -0.1) is 0 Å². The number of hydrogen-bond acceptors (Lipinski definition) is 6. The van der Waals surface area contributed by atoms with Crippen molar-refractivity contribution in [3.05, 3.63) is 65.9 Å². The van der Waals surface area contributed by atoms with Crippen LogP contribution in [0.2, 0.25) is 0 Å². The lowest BCUT2D eigenvalue weighted by Crippen LogP contribution is -2.15. The maximum absolute atomic E-state index is 13.8. The van der Waals surface area contributed by atoms with Gasteiger partial charge in [0.15, 0.2) is 11.5 Å². The van der Waals surface area contributed by atoms with Crippen molar-refractivity contribution in [2.75, 3.05) is 17.4 Å². The molecule has 136 valence electrons. The van der Waals surface area contributed by atoms with Crippen LogP contribution in [0.5, 0.6) is 11.5 Å². The van der Waals surface area contributed by atoms with E-state index < -0.39 is 11.7 Å². The molecule has 8 heteroatoms. The van der Waals surface area contributed by atoms with Crippen LogP contribution in [-0.4, -0.2) is 22.7 Å². The van der Waals surface area contributed by atoms with Crippen LogP contribution in [0.25, 0.3) is 0 Å². The van der Waals surface area contributed by atoms with Gasteiger partial charge >= 0.3 is 0 Å². The van der Waals surface area contributed by atoms with Gasteiger partial charge in [0.1, 0.15) is 23.2 Å².